The van der Waals surface area contributed by atoms with Crippen LogP contribution in [0.2, 0.25) is 0 Å². The fraction of sp³-hybridized carbons (Fsp3) is 0.308. The van der Waals surface area contributed by atoms with Crippen molar-refractivity contribution in [2.24, 2.45) is 0 Å². The lowest BCUT2D eigenvalue weighted by Crippen LogP contribution is -2.13. The number of nitrogens with zero attached hydrogens (tertiary/aromatic N) is 1. The Bertz CT molecular complexity index is 480. The number of hydrogen-bond donors (Lipinski definition) is 2. The zero-order valence-corrected chi connectivity index (χ0v) is 9.81. The van der Waals surface area contributed by atoms with Crippen molar-refractivity contribution in [3.8, 4) is 0 Å². The largest absolute Gasteiger partial charge is 0.462 e. The molecule has 2 aromatic heterocycles. The second-order valence-electron chi connectivity index (χ2n) is 3.93. The van der Waals surface area contributed by atoms with E-state index in [-0.39, 0.29) is 6.61 Å². The van der Waals surface area contributed by atoms with Crippen molar-refractivity contribution >= 4 is 0 Å². The average Bonchev–Trinajstić information content (AvgIpc) is 2.80. The number of nitrogens with one attached hydrogen (secondary N) is 1. The molecular weight excluding hydrogens is 216 g/mol. The molecule has 0 atom stereocenters. The Kier molecular flexibility index (Phi) is 3.90. The predicted octanol–water partition coefficient (Wildman–Crippen LogP) is 1.77. The van der Waals surface area contributed by atoms with Crippen LogP contribution >= 0.6 is 0 Å². The summed E-state index contributed by atoms with van der Waals surface area (Å²) in [6.45, 7) is 3.42. The Labute approximate surface area is 100 Å². The molecule has 2 N–H and O–H groups in total. The number of aromatic nitrogens is 1. The van der Waals surface area contributed by atoms with Gasteiger partial charge in [0.15, 0.2) is 0 Å². The van der Waals surface area contributed by atoms with Gasteiger partial charge in [-0.25, -0.2) is 0 Å². The van der Waals surface area contributed by atoms with Gasteiger partial charge >= 0.3 is 0 Å². The van der Waals surface area contributed by atoms with Crippen molar-refractivity contribution in [2.75, 3.05) is 0 Å². The maximum absolute atomic E-state index is 8.87. The van der Waals surface area contributed by atoms with Crippen molar-refractivity contribution in [2.45, 2.75) is 26.6 Å². The van der Waals surface area contributed by atoms with Crippen LogP contribution in [0.3, 0.4) is 0 Å². The summed E-state index contributed by atoms with van der Waals surface area (Å²) < 4.78 is 5.37. The summed E-state index contributed by atoms with van der Waals surface area (Å²) in [5, 5.41) is 12.1. The summed E-state index contributed by atoms with van der Waals surface area (Å²) in [6.07, 6.45) is 3.66. The Hall–Kier alpha value is -1.65. The standard InChI is InChI=1S/C13H16N2O2/c1-10-4-5-14-6-11(10)7-15-8-12-2-3-13(9-16)17-12/h2-6,15-16H,7-9H2,1H3. The number of aliphatic hydroxyl groups is 1. The first kappa shape index (κ1) is 11.8. The second-order valence-corrected chi connectivity index (χ2v) is 3.93. The van der Waals surface area contributed by atoms with Crippen molar-refractivity contribution in [3.05, 3.63) is 53.2 Å². The van der Waals surface area contributed by atoms with E-state index in [1.165, 1.54) is 11.1 Å². The molecule has 2 aromatic rings. The third-order valence-electron chi connectivity index (χ3n) is 2.64. The van der Waals surface area contributed by atoms with E-state index in [0.717, 1.165) is 12.3 Å². The molecule has 0 saturated heterocycles. The van der Waals surface area contributed by atoms with E-state index in [1.54, 1.807) is 12.3 Å². The molecule has 0 saturated carbocycles. The van der Waals surface area contributed by atoms with Gasteiger partial charge < -0.3 is 14.8 Å². The fourth-order valence-electron chi connectivity index (χ4n) is 1.60. The highest BCUT2D eigenvalue weighted by Crippen LogP contribution is 2.08. The lowest BCUT2D eigenvalue weighted by atomic mass is 10.1. The maximum atomic E-state index is 8.87. The minimum absolute atomic E-state index is 0.0539. The van der Waals surface area contributed by atoms with Gasteiger partial charge in [-0.1, -0.05) is 0 Å². The topological polar surface area (TPSA) is 58.3 Å². The Balaban J connectivity index is 1.85. The quantitative estimate of drug-likeness (QED) is 0.824. The summed E-state index contributed by atoms with van der Waals surface area (Å²) in [6, 6.07) is 5.65. The van der Waals surface area contributed by atoms with E-state index in [2.05, 4.69) is 17.2 Å². The molecule has 4 nitrogen and oxygen atoms in total. The molecule has 0 aromatic carbocycles. The van der Waals surface area contributed by atoms with Crippen LogP contribution in [0.1, 0.15) is 22.6 Å². The number of furan rings is 1. The lowest BCUT2D eigenvalue weighted by Gasteiger charge is -2.05. The third-order valence-corrected chi connectivity index (χ3v) is 2.64. The van der Waals surface area contributed by atoms with Crippen LogP contribution in [0.4, 0.5) is 0 Å². The van der Waals surface area contributed by atoms with Gasteiger partial charge in [0.25, 0.3) is 0 Å². The normalized spacial score (nSPS) is 10.7. The minimum atomic E-state index is -0.0539. The van der Waals surface area contributed by atoms with Crippen molar-refractivity contribution in [3.63, 3.8) is 0 Å². The highest BCUT2D eigenvalue weighted by molar-refractivity contribution is 5.21. The molecule has 0 aliphatic heterocycles. The molecule has 17 heavy (non-hydrogen) atoms. The molecule has 2 rings (SSSR count). The van der Waals surface area contributed by atoms with Gasteiger partial charge in [-0.05, 0) is 36.2 Å². The highest BCUT2D eigenvalue weighted by atomic mass is 16.4. The van der Waals surface area contributed by atoms with E-state index in [4.69, 9.17) is 9.52 Å². The van der Waals surface area contributed by atoms with E-state index in [1.807, 2.05) is 18.3 Å². The SMILES string of the molecule is Cc1ccncc1CNCc1ccc(CO)o1. The van der Waals surface area contributed by atoms with Gasteiger partial charge in [0.05, 0.1) is 6.54 Å². The summed E-state index contributed by atoms with van der Waals surface area (Å²) in [5.41, 5.74) is 2.41. The molecule has 0 bridgehead atoms. The molecule has 0 aliphatic carbocycles. The molecule has 90 valence electrons. The Morgan fingerprint density at radius 1 is 1.24 bits per heavy atom. The van der Waals surface area contributed by atoms with Crippen LogP contribution in [0, 0.1) is 6.92 Å². The highest BCUT2D eigenvalue weighted by Gasteiger charge is 2.01. The summed E-state index contributed by atoms with van der Waals surface area (Å²) >= 11 is 0. The fourth-order valence-corrected chi connectivity index (χ4v) is 1.60. The molecule has 2 heterocycles. The molecule has 0 spiro atoms. The average molecular weight is 232 g/mol. The van der Waals surface area contributed by atoms with Gasteiger partial charge in [-0.3, -0.25) is 4.98 Å². The van der Waals surface area contributed by atoms with Crippen molar-refractivity contribution < 1.29 is 9.52 Å². The molecule has 4 heteroatoms. The van der Waals surface area contributed by atoms with Crippen molar-refractivity contribution in [1.29, 1.82) is 0 Å². The van der Waals surface area contributed by atoms with Crippen LogP contribution in [-0.2, 0) is 19.7 Å². The monoisotopic (exact) mass is 232 g/mol. The van der Waals surface area contributed by atoms with Crippen LogP contribution in [0.15, 0.2) is 35.0 Å². The molecule has 0 radical (unpaired) electrons. The lowest BCUT2D eigenvalue weighted by molar-refractivity contribution is 0.242. The predicted molar refractivity (Wildman–Crippen MR) is 64.1 cm³/mol. The molecule has 0 amide bonds. The van der Waals surface area contributed by atoms with Crippen LogP contribution in [0.25, 0.3) is 0 Å². The molecule has 0 fully saturated rings. The minimum Gasteiger partial charge on any atom is -0.462 e. The number of hydrogen-bond acceptors (Lipinski definition) is 4. The van der Waals surface area contributed by atoms with Gasteiger partial charge in [-0.2, -0.15) is 0 Å². The van der Waals surface area contributed by atoms with E-state index >= 15 is 0 Å². The van der Waals surface area contributed by atoms with Gasteiger partial charge in [0.2, 0.25) is 0 Å². The number of aryl methyl sites for hydroxylation is 1. The summed E-state index contributed by atoms with van der Waals surface area (Å²) in [7, 11) is 0. The van der Waals surface area contributed by atoms with E-state index < -0.39 is 0 Å². The molecular formula is C13H16N2O2. The first-order valence-electron chi connectivity index (χ1n) is 5.58. The zero-order valence-electron chi connectivity index (χ0n) is 9.81. The number of pyridine rings is 1. The first-order valence-corrected chi connectivity index (χ1v) is 5.58. The van der Waals surface area contributed by atoms with Crippen LogP contribution in [-0.4, -0.2) is 10.1 Å². The first-order chi connectivity index (χ1) is 8.29. The zero-order chi connectivity index (χ0) is 12.1. The molecule has 0 unspecified atom stereocenters. The van der Waals surface area contributed by atoms with Gasteiger partial charge in [0.1, 0.15) is 18.1 Å². The third kappa shape index (κ3) is 3.15. The van der Waals surface area contributed by atoms with E-state index in [0.29, 0.717) is 12.3 Å². The van der Waals surface area contributed by atoms with E-state index in [9.17, 15) is 0 Å². The summed E-state index contributed by atoms with van der Waals surface area (Å²) in [5.74, 6) is 1.43. The Morgan fingerprint density at radius 2 is 2.06 bits per heavy atom. The van der Waals surface area contributed by atoms with Gasteiger partial charge in [0, 0.05) is 18.9 Å². The maximum Gasteiger partial charge on any atom is 0.129 e. The van der Waals surface area contributed by atoms with Gasteiger partial charge in [-0.15, -0.1) is 0 Å². The van der Waals surface area contributed by atoms with Crippen molar-refractivity contribution in [1.82, 2.24) is 10.3 Å². The smallest absolute Gasteiger partial charge is 0.129 e. The molecule has 0 aliphatic rings. The summed E-state index contributed by atoms with van der Waals surface area (Å²) in [4.78, 5) is 4.09. The number of rotatable bonds is 5. The second kappa shape index (κ2) is 5.61. The van der Waals surface area contributed by atoms with Crippen LogP contribution in [0.5, 0.6) is 0 Å². The Morgan fingerprint density at radius 3 is 2.76 bits per heavy atom. The van der Waals surface area contributed by atoms with Crippen LogP contribution < -0.4 is 5.32 Å². The number of aliphatic hydroxyl groups excluding tert-OH is 1.